The number of hydrogen-bond acceptors (Lipinski definition) is 3. The summed E-state index contributed by atoms with van der Waals surface area (Å²) in [5.41, 5.74) is 8.15. The van der Waals surface area contributed by atoms with Crippen LogP contribution in [0.15, 0.2) is 130 Å². The smallest absolute Gasteiger partial charge is 0.136 e. The fraction of sp³-hybridized carbons (Fsp3) is 0. The van der Waals surface area contributed by atoms with Crippen molar-refractivity contribution in [1.29, 1.82) is 0 Å². The number of hydrogen-bond donors (Lipinski definition) is 1. The van der Waals surface area contributed by atoms with Crippen molar-refractivity contribution in [3.63, 3.8) is 0 Å². The molecule has 2 aromatic heterocycles. The highest BCUT2D eigenvalue weighted by molar-refractivity contribution is 6.05. The summed E-state index contributed by atoms with van der Waals surface area (Å²) in [5, 5.41) is 6.90. The van der Waals surface area contributed by atoms with E-state index in [0.717, 1.165) is 66.7 Å². The van der Waals surface area contributed by atoms with Gasteiger partial charge < -0.3 is 14.2 Å². The Morgan fingerprint density at radius 3 is 1.83 bits per heavy atom. The van der Waals surface area contributed by atoms with Gasteiger partial charge in [-0.2, -0.15) is 0 Å². The van der Waals surface area contributed by atoms with Crippen molar-refractivity contribution in [1.82, 2.24) is 0 Å². The molecule has 35 heavy (non-hydrogen) atoms. The normalized spacial score (nSPS) is 11.4. The second-order valence-electron chi connectivity index (χ2n) is 8.74. The lowest BCUT2D eigenvalue weighted by atomic mass is 10.0. The van der Waals surface area contributed by atoms with Gasteiger partial charge in [-0.1, -0.05) is 54.6 Å². The van der Waals surface area contributed by atoms with E-state index in [1.54, 1.807) is 0 Å². The molecule has 0 aliphatic carbocycles. The molecule has 2 heterocycles. The zero-order valence-electron chi connectivity index (χ0n) is 18.9. The van der Waals surface area contributed by atoms with E-state index >= 15 is 0 Å². The van der Waals surface area contributed by atoms with E-state index in [1.807, 2.05) is 36.4 Å². The monoisotopic (exact) mass is 451 g/mol. The zero-order valence-corrected chi connectivity index (χ0v) is 18.9. The average Bonchev–Trinajstić information content (AvgIpc) is 3.51. The number of benzene rings is 5. The van der Waals surface area contributed by atoms with Crippen LogP contribution in [0.5, 0.6) is 0 Å². The van der Waals surface area contributed by atoms with Crippen molar-refractivity contribution >= 4 is 44.3 Å². The second kappa shape index (κ2) is 7.93. The predicted octanol–water partition coefficient (Wildman–Crippen LogP) is 9.41. The Kier molecular flexibility index (Phi) is 4.46. The van der Waals surface area contributed by atoms with Gasteiger partial charge in [-0.3, -0.25) is 0 Å². The lowest BCUT2D eigenvalue weighted by Gasteiger charge is -2.09. The number of para-hydroxylation sites is 2. The summed E-state index contributed by atoms with van der Waals surface area (Å²) >= 11 is 0. The summed E-state index contributed by atoms with van der Waals surface area (Å²) in [5.74, 6) is 0.878. The van der Waals surface area contributed by atoms with E-state index in [0.29, 0.717) is 0 Å². The number of anilines is 2. The van der Waals surface area contributed by atoms with Gasteiger partial charge in [0.25, 0.3) is 0 Å². The number of nitrogens with one attached hydrogen (secondary N) is 1. The van der Waals surface area contributed by atoms with Crippen LogP contribution in [0, 0.1) is 0 Å². The fourth-order valence-electron chi connectivity index (χ4n) is 4.66. The van der Waals surface area contributed by atoms with Gasteiger partial charge in [0, 0.05) is 33.1 Å². The van der Waals surface area contributed by atoms with E-state index in [9.17, 15) is 0 Å². The molecule has 0 saturated heterocycles. The summed E-state index contributed by atoms with van der Waals surface area (Å²) < 4.78 is 12.0. The van der Waals surface area contributed by atoms with Crippen molar-refractivity contribution in [2.24, 2.45) is 0 Å². The Labute approximate surface area is 202 Å². The third-order valence-electron chi connectivity index (χ3n) is 6.48. The Hall–Kier alpha value is -4.76. The van der Waals surface area contributed by atoms with Crippen molar-refractivity contribution < 1.29 is 8.83 Å². The largest absolute Gasteiger partial charge is 0.456 e. The summed E-state index contributed by atoms with van der Waals surface area (Å²) in [6.45, 7) is 0. The van der Waals surface area contributed by atoms with Crippen LogP contribution in [0.3, 0.4) is 0 Å². The highest BCUT2D eigenvalue weighted by Gasteiger charge is 2.09. The van der Waals surface area contributed by atoms with E-state index in [-0.39, 0.29) is 0 Å². The van der Waals surface area contributed by atoms with Gasteiger partial charge in [-0.25, -0.2) is 0 Å². The Bertz CT molecular complexity index is 1770. The first kappa shape index (κ1) is 19.7. The van der Waals surface area contributed by atoms with Crippen LogP contribution in [-0.4, -0.2) is 0 Å². The third-order valence-corrected chi connectivity index (χ3v) is 6.48. The molecule has 0 saturated carbocycles. The van der Waals surface area contributed by atoms with Crippen LogP contribution < -0.4 is 5.32 Å². The maximum atomic E-state index is 6.06. The molecule has 0 unspecified atom stereocenters. The molecule has 3 heteroatoms. The highest BCUT2D eigenvalue weighted by atomic mass is 16.3. The third kappa shape index (κ3) is 3.54. The lowest BCUT2D eigenvalue weighted by molar-refractivity contribution is 0.631. The van der Waals surface area contributed by atoms with E-state index in [2.05, 4.69) is 90.2 Å². The van der Waals surface area contributed by atoms with Gasteiger partial charge in [0.2, 0.25) is 0 Å². The average molecular weight is 452 g/mol. The minimum absolute atomic E-state index is 0.878. The molecular formula is C32H21NO2. The van der Waals surface area contributed by atoms with Gasteiger partial charge in [0.15, 0.2) is 0 Å². The van der Waals surface area contributed by atoms with Crippen molar-refractivity contribution in [2.45, 2.75) is 0 Å². The molecule has 7 aromatic rings. The molecule has 166 valence electrons. The first-order chi connectivity index (χ1) is 17.3. The van der Waals surface area contributed by atoms with Crippen LogP contribution in [0.1, 0.15) is 0 Å². The van der Waals surface area contributed by atoms with Crippen LogP contribution in [0.2, 0.25) is 0 Å². The topological polar surface area (TPSA) is 38.3 Å². The van der Waals surface area contributed by atoms with Crippen LogP contribution in [-0.2, 0) is 0 Å². The summed E-state index contributed by atoms with van der Waals surface area (Å²) in [6, 6.07) is 41.5. The molecule has 0 atom stereocenters. The molecule has 0 fully saturated rings. The minimum atomic E-state index is 0.878. The Morgan fingerprint density at radius 1 is 0.429 bits per heavy atom. The molecule has 0 bridgehead atoms. The maximum absolute atomic E-state index is 6.06. The van der Waals surface area contributed by atoms with Gasteiger partial charge >= 0.3 is 0 Å². The molecule has 0 aliphatic heterocycles. The standard InChI is InChI=1S/C32H21NO2/c1-3-7-29-24(5-1)20-31(34-29)22-11-16-26(17-12-22)33-25-14-9-21(10-15-25)23-13-18-28-27-6-2-4-8-30(27)35-32(28)19-23/h1-20,33H. The quantitative estimate of drug-likeness (QED) is 0.290. The van der Waals surface area contributed by atoms with E-state index in [4.69, 9.17) is 8.83 Å². The molecule has 7 rings (SSSR count). The number of rotatable bonds is 4. The van der Waals surface area contributed by atoms with Crippen molar-refractivity contribution in [3.05, 3.63) is 121 Å². The zero-order chi connectivity index (χ0) is 23.2. The first-order valence-corrected chi connectivity index (χ1v) is 11.7. The van der Waals surface area contributed by atoms with Gasteiger partial charge in [-0.05, 0) is 77.9 Å². The number of furan rings is 2. The Morgan fingerprint density at radius 2 is 1.06 bits per heavy atom. The number of fused-ring (bicyclic) bond motifs is 4. The van der Waals surface area contributed by atoms with Crippen LogP contribution in [0.25, 0.3) is 55.4 Å². The lowest BCUT2D eigenvalue weighted by Crippen LogP contribution is -1.90. The molecular weight excluding hydrogens is 430 g/mol. The minimum Gasteiger partial charge on any atom is -0.456 e. The van der Waals surface area contributed by atoms with Crippen molar-refractivity contribution in [2.75, 3.05) is 5.32 Å². The summed E-state index contributed by atoms with van der Waals surface area (Å²) in [4.78, 5) is 0. The summed E-state index contributed by atoms with van der Waals surface area (Å²) in [7, 11) is 0. The predicted molar refractivity (Wildman–Crippen MR) is 144 cm³/mol. The van der Waals surface area contributed by atoms with Crippen LogP contribution in [0.4, 0.5) is 11.4 Å². The van der Waals surface area contributed by atoms with Gasteiger partial charge in [-0.15, -0.1) is 0 Å². The second-order valence-corrected chi connectivity index (χ2v) is 8.74. The molecule has 5 aromatic carbocycles. The van der Waals surface area contributed by atoms with Crippen LogP contribution >= 0.6 is 0 Å². The molecule has 0 spiro atoms. The van der Waals surface area contributed by atoms with E-state index < -0.39 is 0 Å². The molecule has 0 aliphatic rings. The first-order valence-electron chi connectivity index (χ1n) is 11.7. The molecule has 0 amide bonds. The van der Waals surface area contributed by atoms with Gasteiger partial charge in [0.1, 0.15) is 22.5 Å². The molecule has 0 radical (unpaired) electrons. The van der Waals surface area contributed by atoms with Crippen molar-refractivity contribution in [3.8, 4) is 22.5 Å². The highest BCUT2D eigenvalue weighted by Crippen LogP contribution is 2.33. The fourth-order valence-corrected chi connectivity index (χ4v) is 4.66. The Balaban J connectivity index is 1.11. The molecule has 3 nitrogen and oxygen atoms in total. The SMILES string of the molecule is c1ccc2oc(-c3ccc(Nc4ccc(-c5ccc6c(c5)oc5ccccc56)cc4)cc3)cc2c1. The maximum Gasteiger partial charge on any atom is 0.136 e. The van der Waals surface area contributed by atoms with E-state index in [1.165, 1.54) is 0 Å². The van der Waals surface area contributed by atoms with Gasteiger partial charge in [0.05, 0.1) is 0 Å². The molecule has 1 N–H and O–H groups in total. The summed E-state index contributed by atoms with van der Waals surface area (Å²) in [6.07, 6.45) is 0.